The van der Waals surface area contributed by atoms with E-state index in [-0.39, 0.29) is 25.6 Å². The van der Waals surface area contributed by atoms with Gasteiger partial charge in [-0.1, -0.05) is 48.2 Å². The van der Waals surface area contributed by atoms with E-state index in [9.17, 15) is 4.79 Å². The van der Waals surface area contributed by atoms with Gasteiger partial charge in [0, 0.05) is 0 Å². The van der Waals surface area contributed by atoms with Crippen LogP contribution in [0, 0.1) is 11.8 Å². The number of imidazole rings is 1. The molecule has 0 spiro atoms. The van der Waals surface area contributed by atoms with E-state index >= 15 is 0 Å². The third-order valence-corrected chi connectivity index (χ3v) is 3.98. The van der Waals surface area contributed by atoms with E-state index in [4.69, 9.17) is 4.74 Å². The van der Waals surface area contributed by atoms with Crippen LogP contribution in [0.5, 0.6) is 5.75 Å². The minimum atomic E-state index is -0.107. The number of nitrogens with zero attached hydrogens (tertiary/aromatic N) is 2. The molecule has 1 N–H and O–H groups in total. The highest BCUT2D eigenvalue weighted by Gasteiger charge is 2.05. The van der Waals surface area contributed by atoms with Gasteiger partial charge in [-0.05, 0) is 30.2 Å². The van der Waals surface area contributed by atoms with Gasteiger partial charge in [0.15, 0.2) is 0 Å². The molecule has 0 fully saturated rings. The third kappa shape index (κ3) is 4.99. The number of aromatic nitrogens is 2. The van der Waals surface area contributed by atoms with Gasteiger partial charge in [-0.25, -0.2) is 4.98 Å². The topological polar surface area (TPSA) is 56.1 Å². The molecule has 1 aromatic heterocycles. The Morgan fingerprint density at radius 1 is 1.19 bits per heavy atom. The van der Waals surface area contributed by atoms with Crippen LogP contribution in [0.4, 0.5) is 0 Å². The number of ether oxygens (including phenoxy) is 1. The number of benzene rings is 2. The predicted molar refractivity (Wildman–Crippen MR) is 106 cm³/mol. The molecule has 0 unspecified atom stereocenters. The maximum absolute atomic E-state index is 12.1. The number of para-hydroxylation sites is 3. The van der Waals surface area contributed by atoms with Crippen LogP contribution in [-0.2, 0) is 17.8 Å². The van der Waals surface area contributed by atoms with Gasteiger partial charge in [-0.2, -0.15) is 0 Å². The molecule has 1 amide bonds. The summed E-state index contributed by atoms with van der Waals surface area (Å²) in [5, 5.41) is 2.79. The predicted octanol–water partition coefficient (Wildman–Crippen LogP) is 2.96. The molecule has 0 radical (unpaired) electrons. The van der Waals surface area contributed by atoms with Gasteiger partial charge in [0.1, 0.15) is 18.9 Å². The summed E-state index contributed by atoms with van der Waals surface area (Å²) < 4.78 is 7.50. The molecule has 0 atom stereocenters. The Labute approximate surface area is 158 Å². The molecule has 27 heavy (non-hydrogen) atoms. The Bertz CT molecular complexity index is 995. The van der Waals surface area contributed by atoms with Crippen molar-refractivity contribution in [3.8, 4) is 17.6 Å². The number of carbonyl (C=O) groups is 1. The molecule has 3 aromatic rings. The van der Waals surface area contributed by atoms with Crippen LogP contribution < -0.4 is 10.1 Å². The first-order valence-corrected chi connectivity index (χ1v) is 8.72. The van der Waals surface area contributed by atoms with E-state index in [1.807, 2.05) is 59.2 Å². The van der Waals surface area contributed by atoms with Gasteiger partial charge in [0.2, 0.25) is 5.91 Å². The van der Waals surface area contributed by atoms with Crippen molar-refractivity contribution < 1.29 is 9.53 Å². The second-order valence-corrected chi connectivity index (χ2v) is 5.88. The number of allylic oxidation sites excluding steroid dienone is 1. The Balaban J connectivity index is 1.44. The first-order chi connectivity index (χ1) is 13.3. The highest BCUT2D eigenvalue weighted by Crippen LogP contribution is 2.18. The number of carbonyl (C=O) groups excluding carboxylic acids is 1. The summed E-state index contributed by atoms with van der Waals surface area (Å²) in [5.41, 5.74) is 2.89. The van der Waals surface area contributed by atoms with Crippen LogP contribution >= 0.6 is 0 Å². The molecule has 3 rings (SSSR count). The Kier molecular flexibility index (Phi) is 6.26. The summed E-state index contributed by atoms with van der Waals surface area (Å²) in [6.07, 6.45) is 4.26. The van der Waals surface area contributed by atoms with Crippen molar-refractivity contribution in [2.45, 2.75) is 13.0 Å². The largest absolute Gasteiger partial charge is 0.481 e. The maximum Gasteiger partial charge on any atom is 0.240 e. The molecule has 0 bridgehead atoms. The van der Waals surface area contributed by atoms with Gasteiger partial charge in [0.05, 0.1) is 23.9 Å². The zero-order valence-corrected chi connectivity index (χ0v) is 15.0. The standard InChI is InChI=1S/C22H21N3O2/c1-2-9-18-10-3-6-13-21(18)27-15-8-7-14-23-22(26)16-25-17-24-19-11-4-5-12-20(19)25/h2-6,10-13,17H,1,9,14-16H2,(H,23,26). The first-order valence-electron chi connectivity index (χ1n) is 8.72. The van der Waals surface area contributed by atoms with Crippen LogP contribution in [0.15, 0.2) is 67.5 Å². The van der Waals surface area contributed by atoms with Crippen molar-refractivity contribution in [3.05, 3.63) is 73.1 Å². The van der Waals surface area contributed by atoms with E-state index in [0.717, 1.165) is 28.8 Å². The number of fused-ring (bicyclic) bond motifs is 1. The van der Waals surface area contributed by atoms with Crippen LogP contribution in [0.25, 0.3) is 11.0 Å². The average Bonchev–Trinajstić information content (AvgIpc) is 3.09. The lowest BCUT2D eigenvalue weighted by molar-refractivity contribution is -0.121. The van der Waals surface area contributed by atoms with Crippen LogP contribution in [-0.4, -0.2) is 28.6 Å². The van der Waals surface area contributed by atoms with Crippen LogP contribution in [0.3, 0.4) is 0 Å². The van der Waals surface area contributed by atoms with Gasteiger partial charge in [0.25, 0.3) is 0 Å². The summed E-state index contributed by atoms with van der Waals surface area (Å²) in [4.78, 5) is 16.3. The van der Waals surface area contributed by atoms with Crippen molar-refractivity contribution in [2.75, 3.05) is 13.2 Å². The molecule has 2 aromatic carbocycles. The van der Waals surface area contributed by atoms with E-state index in [1.54, 1.807) is 6.33 Å². The molecule has 0 saturated heterocycles. The van der Waals surface area contributed by atoms with Gasteiger partial charge >= 0.3 is 0 Å². The molecule has 136 valence electrons. The highest BCUT2D eigenvalue weighted by molar-refractivity contribution is 5.80. The van der Waals surface area contributed by atoms with Crippen molar-refractivity contribution in [1.29, 1.82) is 0 Å². The van der Waals surface area contributed by atoms with Crippen LogP contribution in [0.1, 0.15) is 5.56 Å². The zero-order chi connectivity index (χ0) is 18.9. The minimum Gasteiger partial charge on any atom is -0.481 e. The van der Waals surface area contributed by atoms with E-state index in [1.165, 1.54) is 0 Å². The van der Waals surface area contributed by atoms with E-state index in [2.05, 4.69) is 28.7 Å². The number of hydrogen-bond acceptors (Lipinski definition) is 3. The molecule has 0 aliphatic rings. The lowest BCUT2D eigenvalue weighted by Crippen LogP contribution is -2.27. The summed E-state index contributed by atoms with van der Waals surface area (Å²) in [6, 6.07) is 15.5. The van der Waals surface area contributed by atoms with E-state index < -0.39 is 0 Å². The van der Waals surface area contributed by atoms with Crippen LogP contribution in [0.2, 0.25) is 0 Å². The fourth-order valence-electron chi connectivity index (χ4n) is 2.69. The average molecular weight is 359 g/mol. The smallest absolute Gasteiger partial charge is 0.240 e. The van der Waals surface area contributed by atoms with Crippen molar-refractivity contribution in [1.82, 2.24) is 14.9 Å². The lowest BCUT2D eigenvalue weighted by Gasteiger charge is -2.07. The Morgan fingerprint density at radius 3 is 2.89 bits per heavy atom. The molecule has 5 heteroatoms. The highest BCUT2D eigenvalue weighted by atomic mass is 16.5. The quantitative estimate of drug-likeness (QED) is 0.521. The Morgan fingerprint density at radius 2 is 2.00 bits per heavy atom. The molecule has 1 heterocycles. The van der Waals surface area contributed by atoms with Crippen molar-refractivity contribution >= 4 is 16.9 Å². The minimum absolute atomic E-state index is 0.107. The molecule has 0 saturated carbocycles. The number of hydrogen-bond donors (Lipinski definition) is 1. The zero-order valence-electron chi connectivity index (χ0n) is 15.0. The molecule has 5 nitrogen and oxygen atoms in total. The SMILES string of the molecule is C=CCc1ccccc1OCC#CCNC(=O)Cn1cnc2ccccc21. The molecule has 0 aliphatic heterocycles. The molecular weight excluding hydrogens is 338 g/mol. The summed E-state index contributed by atoms with van der Waals surface area (Å²) in [5.74, 6) is 6.52. The first kappa shape index (κ1) is 18.3. The fraction of sp³-hybridized carbons (Fsp3) is 0.182. The Hall–Kier alpha value is -3.52. The monoisotopic (exact) mass is 359 g/mol. The number of rotatable bonds is 7. The fourth-order valence-corrected chi connectivity index (χ4v) is 2.69. The van der Waals surface area contributed by atoms with E-state index in [0.29, 0.717) is 0 Å². The molecule has 0 aliphatic carbocycles. The number of amides is 1. The second-order valence-electron chi connectivity index (χ2n) is 5.88. The maximum atomic E-state index is 12.1. The summed E-state index contributed by atoms with van der Waals surface area (Å²) in [7, 11) is 0. The lowest BCUT2D eigenvalue weighted by atomic mass is 10.1. The third-order valence-electron chi connectivity index (χ3n) is 3.98. The second kappa shape index (κ2) is 9.25. The summed E-state index contributed by atoms with van der Waals surface area (Å²) in [6.45, 7) is 4.52. The van der Waals surface area contributed by atoms with Gasteiger partial charge in [-0.3, -0.25) is 4.79 Å². The molecular formula is C22H21N3O2. The summed E-state index contributed by atoms with van der Waals surface area (Å²) >= 11 is 0. The van der Waals surface area contributed by atoms with Crippen molar-refractivity contribution in [2.24, 2.45) is 0 Å². The normalized spacial score (nSPS) is 10.1. The van der Waals surface area contributed by atoms with Gasteiger partial charge in [-0.15, -0.1) is 6.58 Å². The van der Waals surface area contributed by atoms with Crippen molar-refractivity contribution in [3.63, 3.8) is 0 Å². The van der Waals surface area contributed by atoms with Gasteiger partial charge < -0.3 is 14.6 Å². The number of nitrogens with one attached hydrogen (secondary N) is 1.